The minimum atomic E-state index is -4.81. The summed E-state index contributed by atoms with van der Waals surface area (Å²) in [5.74, 6) is 0. The largest absolute Gasteiger partial charge is 0.444 e. The number of aliphatic hydroxyl groups is 1. The average molecular weight is 597 g/mol. The third-order valence-corrected chi connectivity index (χ3v) is 8.57. The van der Waals surface area contributed by atoms with Gasteiger partial charge in [-0.2, -0.15) is 18.2 Å². The normalized spacial score (nSPS) is 20.8. The van der Waals surface area contributed by atoms with Crippen LogP contribution in [0.5, 0.6) is 0 Å². The molecule has 41 heavy (non-hydrogen) atoms. The van der Waals surface area contributed by atoms with Gasteiger partial charge in [0.25, 0.3) is 6.01 Å². The van der Waals surface area contributed by atoms with E-state index in [1.54, 1.807) is 16.5 Å². The molecular formula is C28H35F3N4O5S. The molecule has 13 heteroatoms. The highest BCUT2D eigenvalue weighted by molar-refractivity contribution is 7.13. The third-order valence-electron chi connectivity index (χ3n) is 7.76. The van der Waals surface area contributed by atoms with Gasteiger partial charge < -0.3 is 23.9 Å². The Kier molecular flexibility index (Phi) is 7.10. The fourth-order valence-electron chi connectivity index (χ4n) is 5.01. The summed E-state index contributed by atoms with van der Waals surface area (Å²) in [6, 6.07) is 2.77. The van der Waals surface area contributed by atoms with Crippen molar-refractivity contribution in [2.45, 2.75) is 96.1 Å². The number of nitrogens with zero attached hydrogens (tertiary/aromatic N) is 4. The monoisotopic (exact) mass is 596 g/mol. The third kappa shape index (κ3) is 5.63. The number of alkyl halides is 3. The van der Waals surface area contributed by atoms with E-state index in [9.17, 15) is 23.1 Å². The van der Waals surface area contributed by atoms with Crippen LogP contribution in [0.15, 0.2) is 28.1 Å². The highest BCUT2D eigenvalue weighted by Gasteiger charge is 2.51. The van der Waals surface area contributed by atoms with Crippen molar-refractivity contribution in [3.05, 3.63) is 29.3 Å². The summed E-state index contributed by atoms with van der Waals surface area (Å²) in [6.07, 6.45) is -5.18. The number of hydrogen-bond acceptors (Lipinski definition) is 9. The summed E-state index contributed by atoms with van der Waals surface area (Å²) in [4.78, 5) is 25.2. The van der Waals surface area contributed by atoms with Crippen LogP contribution < -0.4 is 4.90 Å². The number of amides is 1. The van der Waals surface area contributed by atoms with Crippen molar-refractivity contribution in [3.63, 3.8) is 0 Å². The number of halogens is 3. The van der Waals surface area contributed by atoms with E-state index < -0.39 is 29.1 Å². The summed E-state index contributed by atoms with van der Waals surface area (Å²) in [6.45, 7) is 11.9. The zero-order chi connectivity index (χ0) is 30.1. The van der Waals surface area contributed by atoms with Crippen molar-refractivity contribution in [2.75, 3.05) is 18.0 Å². The van der Waals surface area contributed by atoms with E-state index in [-0.39, 0.29) is 40.9 Å². The molecule has 3 saturated heterocycles. The van der Waals surface area contributed by atoms with Gasteiger partial charge in [-0.15, -0.1) is 11.3 Å². The maximum Gasteiger partial charge on any atom is 0.418 e. The van der Waals surface area contributed by atoms with Gasteiger partial charge in [0, 0.05) is 30.2 Å². The second-order valence-corrected chi connectivity index (χ2v) is 13.6. The molecule has 9 nitrogen and oxygen atoms in total. The molecule has 3 fully saturated rings. The molecule has 0 aliphatic carbocycles. The first-order chi connectivity index (χ1) is 18.9. The Morgan fingerprint density at radius 2 is 1.78 bits per heavy atom. The number of carbonyl (C=O) groups excluding carboxylic acids is 1. The van der Waals surface area contributed by atoms with Gasteiger partial charge in [-0.1, -0.05) is 6.07 Å². The molecule has 1 amide bonds. The first kappa shape index (κ1) is 29.6. The summed E-state index contributed by atoms with van der Waals surface area (Å²) in [5, 5.41) is 12.9. The zero-order valence-corrected chi connectivity index (χ0v) is 24.9. The molecule has 0 radical (unpaired) electrons. The number of fused-ring (bicyclic) bond motifs is 3. The van der Waals surface area contributed by atoms with Crippen LogP contribution in [0.3, 0.4) is 0 Å². The van der Waals surface area contributed by atoms with Crippen molar-refractivity contribution >= 4 is 34.5 Å². The molecule has 2 bridgehead atoms. The van der Waals surface area contributed by atoms with Gasteiger partial charge in [-0.3, -0.25) is 4.90 Å². The van der Waals surface area contributed by atoms with Crippen molar-refractivity contribution in [2.24, 2.45) is 0 Å². The summed E-state index contributed by atoms with van der Waals surface area (Å²) in [7, 11) is 0. The zero-order valence-electron chi connectivity index (χ0n) is 24.1. The highest BCUT2D eigenvalue weighted by Crippen LogP contribution is 2.46. The number of anilines is 1. The lowest BCUT2D eigenvalue weighted by Gasteiger charge is -2.55. The molecule has 5 heterocycles. The second kappa shape index (κ2) is 9.84. The standard InChI is InChI=1S/C28H35F3N4O5S/c1-25(2,3)40-24(36)35-15-12-16(35)14-34(13-15)23-33-19-17(8-9-18(20(19)38-23)22-32-10-11-41-22)21(28(29,30)31)39-27(6,7)26(4,5)37/h8-11,15-16,21,37H,12-14H2,1-7H3. The lowest BCUT2D eigenvalue weighted by molar-refractivity contribution is -0.276. The Balaban J connectivity index is 1.53. The van der Waals surface area contributed by atoms with E-state index in [4.69, 9.17) is 13.9 Å². The molecule has 3 aliphatic rings. The predicted octanol–water partition coefficient (Wildman–Crippen LogP) is 6.32. The summed E-state index contributed by atoms with van der Waals surface area (Å²) < 4.78 is 61.0. The van der Waals surface area contributed by atoms with Gasteiger partial charge in [0.05, 0.1) is 28.8 Å². The van der Waals surface area contributed by atoms with Gasteiger partial charge in [0.1, 0.15) is 16.1 Å². The van der Waals surface area contributed by atoms with Crippen molar-refractivity contribution < 1.29 is 37.0 Å². The predicted molar refractivity (Wildman–Crippen MR) is 148 cm³/mol. The fraction of sp³-hybridized carbons (Fsp3) is 0.607. The number of piperidine rings is 1. The molecule has 3 aromatic rings. The number of hydrogen-bond donors (Lipinski definition) is 1. The van der Waals surface area contributed by atoms with E-state index in [0.717, 1.165) is 6.42 Å². The number of thiazole rings is 1. The molecule has 1 aromatic carbocycles. The Labute approximate surface area is 240 Å². The number of oxazole rings is 1. The number of rotatable bonds is 6. The Morgan fingerprint density at radius 3 is 2.32 bits per heavy atom. The van der Waals surface area contributed by atoms with Crippen LogP contribution in [0.25, 0.3) is 21.7 Å². The molecule has 224 valence electrons. The highest BCUT2D eigenvalue weighted by atomic mass is 32.1. The molecule has 6 rings (SSSR count). The van der Waals surface area contributed by atoms with Crippen LogP contribution in [0, 0.1) is 0 Å². The second-order valence-electron chi connectivity index (χ2n) is 12.7. The number of benzene rings is 1. The molecule has 0 spiro atoms. The van der Waals surface area contributed by atoms with Gasteiger partial charge >= 0.3 is 12.3 Å². The Morgan fingerprint density at radius 1 is 1.12 bits per heavy atom. The van der Waals surface area contributed by atoms with Crippen LogP contribution in [0.1, 0.15) is 66.6 Å². The minimum Gasteiger partial charge on any atom is -0.444 e. The van der Waals surface area contributed by atoms with Gasteiger partial charge in [0.15, 0.2) is 11.7 Å². The van der Waals surface area contributed by atoms with E-state index >= 15 is 0 Å². The van der Waals surface area contributed by atoms with Gasteiger partial charge in [-0.05, 0) is 61.0 Å². The maximum atomic E-state index is 14.5. The number of aromatic nitrogens is 2. The maximum absolute atomic E-state index is 14.5. The van der Waals surface area contributed by atoms with E-state index in [0.29, 0.717) is 23.7 Å². The Bertz CT molecular complexity index is 1410. The summed E-state index contributed by atoms with van der Waals surface area (Å²) >= 11 is 1.33. The van der Waals surface area contributed by atoms with E-state index in [2.05, 4.69) is 9.97 Å². The van der Waals surface area contributed by atoms with Crippen molar-refractivity contribution in [1.82, 2.24) is 14.9 Å². The Hall–Kier alpha value is -2.90. The molecular weight excluding hydrogens is 561 g/mol. The molecule has 3 atom stereocenters. The van der Waals surface area contributed by atoms with Crippen LogP contribution in [0.4, 0.5) is 24.0 Å². The lowest BCUT2D eigenvalue weighted by atomic mass is 9.88. The van der Waals surface area contributed by atoms with Crippen molar-refractivity contribution in [1.29, 1.82) is 0 Å². The molecule has 3 unspecified atom stereocenters. The molecule has 1 N–H and O–H groups in total. The quantitative estimate of drug-likeness (QED) is 0.353. The SMILES string of the molecule is CC(C)(C)OC(=O)N1C2CC1CN(c1nc3c(C(OC(C)(C)C(C)(C)O)C(F)(F)F)ccc(-c4nccs4)c3o1)C2. The molecule has 0 saturated carbocycles. The van der Waals surface area contributed by atoms with Crippen LogP contribution in [-0.2, 0) is 9.47 Å². The molecule has 2 aromatic heterocycles. The first-order valence-electron chi connectivity index (χ1n) is 13.4. The van der Waals surface area contributed by atoms with E-state index in [1.165, 1.54) is 51.2 Å². The van der Waals surface area contributed by atoms with Crippen molar-refractivity contribution in [3.8, 4) is 10.6 Å². The fourth-order valence-corrected chi connectivity index (χ4v) is 5.67. The number of piperazine rings is 1. The van der Waals surface area contributed by atoms with Crippen LogP contribution in [0.2, 0.25) is 0 Å². The first-order valence-corrected chi connectivity index (χ1v) is 14.3. The molecule has 3 aliphatic heterocycles. The number of ether oxygens (including phenoxy) is 2. The lowest BCUT2D eigenvalue weighted by Crippen LogP contribution is -2.70. The minimum absolute atomic E-state index is 0.00446. The average Bonchev–Trinajstić information content (AvgIpc) is 3.50. The van der Waals surface area contributed by atoms with E-state index in [1.807, 2.05) is 25.7 Å². The number of carbonyl (C=O) groups is 1. The summed E-state index contributed by atoms with van der Waals surface area (Å²) in [5.41, 5.74) is -3.30. The van der Waals surface area contributed by atoms with Gasteiger partial charge in [-0.25, -0.2) is 9.78 Å². The smallest absolute Gasteiger partial charge is 0.418 e. The van der Waals surface area contributed by atoms with Crippen LogP contribution >= 0.6 is 11.3 Å². The van der Waals surface area contributed by atoms with Crippen LogP contribution in [-0.4, -0.2) is 74.2 Å². The topological polar surface area (TPSA) is 101 Å². The van der Waals surface area contributed by atoms with Gasteiger partial charge in [0.2, 0.25) is 0 Å².